The molecule has 0 radical (unpaired) electrons. The first-order valence-corrected chi connectivity index (χ1v) is 5.33. The molecule has 2 nitrogen and oxygen atoms in total. The molecule has 66 valence electrons. The van der Waals surface area contributed by atoms with Crippen molar-refractivity contribution in [1.29, 1.82) is 0 Å². The smallest absolute Gasteiger partial charge is 0.0624 e. The quantitative estimate of drug-likeness (QED) is 0.809. The van der Waals surface area contributed by atoms with E-state index >= 15 is 0 Å². The molecular formula is C8H9BrINO. The molecule has 0 saturated heterocycles. The molecule has 4 heteroatoms. The topological polar surface area (TPSA) is 46.2 Å². The Balaban J connectivity index is 3.04. The summed E-state index contributed by atoms with van der Waals surface area (Å²) >= 11 is 5.56. The maximum absolute atomic E-state index is 8.86. The number of hydrogen-bond donors (Lipinski definition) is 2. The van der Waals surface area contributed by atoms with E-state index in [1.54, 1.807) is 0 Å². The highest BCUT2D eigenvalue weighted by Gasteiger charge is 2.08. The monoisotopic (exact) mass is 341 g/mol. The van der Waals surface area contributed by atoms with E-state index in [0.29, 0.717) is 0 Å². The number of aliphatic hydroxyl groups excluding tert-OH is 1. The van der Waals surface area contributed by atoms with E-state index in [9.17, 15) is 0 Å². The summed E-state index contributed by atoms with van der Waals surface area (Å²) in [4.78, 5) is 0. The first-order valence-electron chi connectivity index (χ1n) is 3.46. The fraction of sp³-hybridized carbons (Fsp3) is 0.250. The van der Waals surface area contributed by atoms with Gasteiger partial charge in [0.25, 0.3) is 0 Å². The summed E-state index contributed by atoms with van der Waals surface area (Å²) in [6, 6.07) is 5.57. The Hall–Kier alpha value is 0.350. The number of halogens is 2. The van der Waals surface area contributed by atoms with Crippen molar-refractivity contribution >= 4 is 38.5 Å². The molecule has 0 heterocycles. The Bertz CT molecular complexity index is 280. The van der Waals surface area contributed by atoms with Crippen LogP contribution < -0.4 is 5.73 Å². The fourth-order valence-electron chi connectivity index (χ4n) is 0.897. The third-order valence-corrected chi connectivity index (χ3v) is 3.03. The molecule has 12 heavy (non-hydrogen) atoms. The maximum atomic E-state index is 8.86. The summed E-state index contributed by atoms with van der Waals surface area (Å²) in [5.41, 5.74) is 6.67. The molecule has 1 rings (SSSR count). The summed E-state index contributed by atoms with van der Waals surface area (Å²) in [5, 5.41) is 8.86. The molecular weight excluding hydrogens is 333 g/mol. The van der Waals surface area contributed by atoms with Crippen molar-refractivity contribution in [2.24, 2.45) is 5.73 Å². The highest BCUT2D eigenvalue weighted by atomic mass is 127. The van der Waals surface area contributed by atoms with Crippen molar-refractivity contribution in [1.82, 2.24) is 0 Å². The number of benzene rings is 1. The van der Waals surface area contributed by atoms with E-state index in [1.165, 1.54) is 0 Å². The molecule has 0 amide bonds. The number of hydrogen-bond acceptors (Lipinski definition) is 2. The van der Waals surface area contributed by atoms with Crippen LogP contribution >= 0.6 is 38.5 Å². The zero-order chi connectivity index (χ0) is 9.14. The Morgan fingerprint density at radius 2 is 2.25 bits per heavy atom. The SMILES string of the molecule is N[C@H](CO)c1cc(Br)ccc1I. The Morgan fingerprint density at radius 3 is 2.83 bits per heavy atom. The van der Waals surface area contributed by atoms with Gasteiger partial charge in [-0.1, -0.05) is 15.9 Å². The molecule has 0 unspecified atom stereocenters. The van der Waals surface area contributed by atoms with E-state index in [-0.39, 0.29) is 12.6 Å². The molecule has 0 aliphatic carbocycles. The summed E-state index contributed by atoms with van der Waals surface area (Å²) < 4.78 is 2.07. The highest BCUT2D eigenvalue weighted by Crippen LogP contribution is 2.22. The van der Waals surface area contributed by atoms with Gasteiger partial charge in [0.05, 0.1) is 12.6 Å². The molecule has 1 aromatic carbocycles. The van der Waals surface area contributed by atoms with Crippen LogP contribution in [0.25, 0.3) is 0 Å². The van der Waals surface area contributed by atoms with Gasteiger partial charge in [-0.05, 0) is 46.4 Å². The molecule has 0 aromatic heterocycles. The lowest BCUT2D eigenvalue weighted by molar-refractivity contribution is 0.267. The van der Waals surface area contributed by atoms with Crippen LogP contribution in [0.4, 0.5) is 0 Å². The van der Waals surface area contributed by atoms with Crippen LogP contribution in [0.3, 0.4) is 0 Å². The largest absolute Gasteiger partial charge is 0.394 e. The van der Waals surface area contributed by atoms with Gasteiger partial charge in [0, 0.05) is 8.04 Å². The van der Waals surface area contributed by atoms with Gasteiger partial charge in [-0.25, -0.2) is 0 Å². The molecule has 0 bridgehead atoms. The van der Waals surface area contributed by atoms with Crippen molar-refractivity contribution < 1.29 is 5.11 Å². The van der Waals surface area contributed by atoms with Crippen molar-refractivity contribution in [2.75, 3.05) is 6.61 Å². The fourth-order valence-corrected chi connectivity index (χ4v) is 2.01. The van der Waals surface area contributed by atoms with E-state index in [0.717, 1.165) is 13.6 Å². The van der Waals surface area contributed by atoms with Crippen molar-refractivity contribution in [3.8, 4) is 0 Å². The predicted molar refractivity (Wildman–Crippen MR) is 60.9 cm³/mol. The van der Waals surface area contributed by atoms with Gasteiger partial charge < -0.3 is 10.8 Å². The van der Waals surface area contributed by atoms with Gasteiger partial charge in [-0.15, -0.1) is 0 Å². The highest BCUT2D eigenvalue weighted by molar-refractivity contribution is 14.1. The van der Waals surface area contributed by atoms with E-state index in [4.69, 9.17) is 10.8 Å². The zero-order valence-electron chi connectivity index (χ0n) is 6.30. The minimum absolute atomic E-state index is 0.0214. The summed E-state index contributed by atoms with van der Waals surface area (Å²) in [5.74, 6) is 0. The normalized spacial score (nSPS) is 13.0. The van der Waals surface area contributed by atoms with Crippen molar-refractivity contribution in [2.45, 2.75) is 6.04 Å². The van der Waals surface area contributed by atoms with Crippen LogP contribution in [0, 0.1) is 3.57 Å². The van der Waals surface area contributed by atoms with Crippen molar-refractivity contribution in [3.63, 3.8) is 0 Å². The summed E-state index contributed by atoms with van der Waals surface area (Å²) in [6.45, 7) is -0.0214. The van der Waals surface area contributed by atoms with Crippen LogP contribution in [0.5, 0.6) is 0 Å². The molecule has 1 aromatic rings. The Labute approximate surface area is 93.4 Å². The minimum atomic E-state index is -0.283. The van der Waals surface area contributed by atoms with Crippen LogP contribution in [-0.4, -0.2) is 11.7 Å². The van der Waals surface area contributed by atoms with Gasteiger partial charge in [0.1, 0.15) is 0 Å². The molecule has 0 aliphatic rings. The average Bonchev–Trinajstić information content (AvgIpc) is 2.08. The van der Waals surface area contributed by atoms with Crippen LogP contribution in [0.15, 0.2) is 22.7 Å². The van der Waals surface area contributed by atoms with Crippen LogP contribution in [0.2, 0.25) is 0 Å². The lowest BCUT2D eigenvalue weighted by atomic mass is 10.1. The Morgan fingerprint density at radius 1 is 1.58 bits per heavy atom. The lowest BCUT2D eigenvalue weighted by Crippen LogP contribution is -2.15. The second-order valence-electron chi connectivity index (χ2n) is 2.45. The predicted octanol–water partition coefficient (Wildman–Crippen LogP) is 2.05. The second-order valence-corrected chi connectivity index (χ2v) is 4.53. The number of nitrogens with two attached hydrogens (primary N) is 1. The van der Waals surface area contributed by atoms with Gasteiger partial charge in [-0.3, -0.25) is 0 Å². The van der Waals surface area contributed by atoms with Crippen LogP contribution in [-0.2, 0) is 0 Å². The lowest BCUT2D eigenvalue weighted by Gasteiger charge is -2.10. The van der Waals surface area contributed by atoms with Crippen molar-refractivity contribution in [3.05, 3.63) is 31.8 Å². The number of aliphatic hydroxyl groups is 1. The number of rotatable bonds is 2. The van der Waals surface area contributed by atoms with E-state index in [1.807, 2.05) is 18.2 Å². The third kappa shape index (κ3) is 2.42. The first-order chi connectivity index (χ1) is 5.65. The van der Waals surface area contributed by atoms with Gasteiger partial charge in [-0.2, -0.15) is 0 Å². The molecule has 3 N–H and O–H groups in total. The van der Waals surface area contributed by atoms with Crippen LogP contribution in [0.1, 0.15) is 11.6 Å². The second kappa shape index (κ2) is 4.55. The maximum Gasteiger partial charge on any atom is 0.0624 e. The summed E-state index contributed by atoms with van der Waals surface area (Å²) in [6.07, 6.45) is 0. The van der Waals surface area contributed by atoms with E-state index < -0.39 is 0 Å². The van der Waals surface area contributed by atoms with Gasteiger partial charge in [0.15, 0.2) is 0 Å². The standard InChI is InChI=1S/C8H9BrINO/c9-5-1-2-7(10)6(3-5)8(11)4-12/h1-3,8,12H,4,11H2/t8-/m1/s1. The summed E-state index contributed by atoms with van der Waals surface area (Å²) in [7, 11) is 0. The zero-order valence-corrected chi connectivity index (χ0v) is 10.0. The third-order valence-electron chi connectivity index (χ3n) is 1.55. The molecule has 1 atom stereocenters. The molecule has 0 fully saturated rings. The molecule has 0 spiro atoms. The minimum Gasteiger partial charge on any atom is -0.394 e. The first kappa shape index (κ1) is 10.4. The molecule has 0 aliphatic heterocycles. The average molecular weight is 342 g/mol. The van der Waals surface area contributed by atoms with Gasteiger partial charge in [0.2, 0.25) is 0 Å². The van der Waals surface area contributed by atoms with E-state index in [2.05, 4.69) is 38.5 Å². The molecule has 0 saturated carbocycles. The van der Waals surface area contributed by atoms with Gasteiger partial charge >= 0.3 is 0 Å². The Kier molecular flexibility index (Phi) is 3.95.